The van der Waals surface area contributed by atoms with E-state index in [-0.39, 0.29) is 11.9 Å². The molecule has 4 nitrogen and oxygen atoms in total. The molecule has 1 unspecified atom stereocenters. The summed E-state index contributed by atoms with van der Waals surface area (Å²) in [6.07, 6.45) is 2.04. The van der Waals surface area contributed by atoms with Gasteiger partial charge >= 0.3 is 0 Å². The number of hydrogen-bond acceptors (Lipinski definition) is 3. The van der Waals surface area contributed by atoms with E-state index in [2.05, 4.69) is 11.1 Å². The molecule has 2 N–H and O–H groups in total. The van der Waals surface area contributed by atoms with Gasteiger partial charge in [-0.25, -0.2) is 0 Å². The van der Waals surface area contributed by atoms with Crippen molar-refractivity contribution in [2.24, 2.45) is 5.73 Å². The fourth-order valence-electron chi connectivity index (χ4n) is 3.11. The van der Waals surface area contributed by atoms with E-state index in [0.717, 1.165) is 36.0 Å². The van der Waals surface area contributed by atoms with Crippen LogP contribution >= 0.6 is 0 Å². The molecule has 2 aromatic rings. The standard InChI is InChI=1S/C17H21N3O/c1-11-5-6-16-13(8-11)9-15(12(2)19-16)17(21)20-7-3-4-14(20)10-18/h5-6,8-9,14H,3-4,7,10,18H2,1-2H3. The Bertz CT molecular complexity index is 696. The Morgan fingerprint density at radius 3 is 2.95 bits per heavy atom. The van der Waals surface area contributed by atoms with E-state index in [9.17, 15) is 4.79 Å². The third-order valence-electron chi connectivity index (χ3n) is 4.30. The molecule has 0 bridgehead atoms. The third kappa shape index (κ3) is 2.51. The van der Waals surface area contributed by atoms with Crippen molar-refractivity contribution in [3.05, 3.63) is 41.1 Å². The maximum absolute atomic E-state index is 12.8. The molecule has 1 amide bonds. The van der Waals surface area contributed by atoms with Gasteiger partial charge in [-0.1, -0.05) is 11.6 Å². The van der Waals surface area contributed by atoms with Crippen molar-refractivity contribution >= 4 is 16.8 Å². The van der Waals surface area contributed by atoms with Gasteiger partial charge < -0.3 is 10.6 Å². The maximum Gasteiger partial charge on any atom is 0.256 e. The molecule has 0 aliphatic carbocycles. The smallest absolute Gasteiger partial charge is 0.256 e. The highest BCUT2D eigenvalue weighted by Gasteiger charge is 2.29. The predicted octanol–water partition coefficient (Wildman–Crippen LogP) is 2.41. The molecule has 21 heavy (non-hydrogen) atoms. The molecule has 1 aliphatic heterocycles. The monoisotopic (exact) mass is 283 g/mol. The Morgan fingerprint density at radius 1 is 1.38 bits per heavy atom. The van der Waals surface area contributed by atoms with Gasteiger partial charge in [-0.3, -0.25) is 9.78 Å². The molecule has 4 heteroatoms. The highest BCUT2D eigenvalue weighted by molar-refractivity contribution is 5.99. The number of carbonyl (C=O) groups excluding carboxylic acids is 1. The van der Waals surface area contributed by atoms with Crippen LogP contribution in [0.3, 0.4) is 0 Å². The Morgan fingerprint density at radius 2 is 2.19 bits per heavy atom. The highest BCUT2D eigenvalue weighted by Crippen LogP contribution is 2.23. The number of aryl methyl sites for hydroxylation is 2. The quantitative estimate of drug-likeness (QED) is 0.920. The van der Waals surface area contributed by atoms with Crippen LogP contribution in [-0.2, 0) is 0 Å². The lowest BCUT2D eigenvalue weighted by molar-refractivity contribution is 0.0740. The van der Waals surface area contributed by atoms with Gasteiger partial charge in [0.1, 0.15) is 0 Å². The van der Waals surface area contributed by atoms with Gasteiger partial charge in [-0.05, 0) is 44.9 Å². The van der Waals surface area contributed by atoms with Gasteiger partial charge in [0.05, 0.1) is 16.8 Å². The normalized spacial score (nSPS) is 18.4. The Labute approximate surface area is 125 Å². The second-order valence-electron chi connectivity index (χ2n) is 5.85. The third-order valence-corrected chi connectivity index (χ3v) is 4.30. The van der Waals surface area contributed by atoms with Crippen molar-refractivity contribution in [3.8, 4) is 0 Å². The summed E-state index contributed by atoms with van der Waals surface area (Å²) in [5.41, 5.74) is 9.38. The van der Waals surface area contributed by atoms with E-state index in [1.807, 2.05) is 36.9 Å². The van der Waals surface area contributed by atoms with Crippen LogP contribution in [0.2, 0.25) is 0 Å². The molecule has 3 rings (SSSR count). The zero-order valence-electron chi connectivity index (χ0n) is 12.6. The molecular weight excluding hydrogens is 262 g/mol. The van der Waals surface area contributed by atoms with Crippen LogP contribution in [0.5, 0.6) is 0 Å². The highest BCUT2D eigenvalue weighted by atomic mass is 16.2. The van der Waals surface area contributed by atoms with Crippen molar-refractivity contribution < 1.29 is 4.79 Å². The second kappa shape index (κ2) is 5.45. The molecule has 1 aliphatic rings. The number of pyridine rings is 1. The molecule has 1 aromatic carbocycles. The first-order valence-corrected chi connectivity index (χ1v) is 7.49. The van der Waals surface area contributed by atoms with Crippen molar-refractivity contribution in [1.29, 1.82) is 0 Å². The minimum atomic E-state index is 0.0661. The number of nitrogens with zero attached hydrogens (tertiary/aromatic N) is 2. The van der Waals surface area contributed by atoms with E-state index >= 15 is 0 Å². The number of carbonyl (C=O) groups is 1. The molecule has 0 radical (unpaired) electrons. The minimum absolute atomic E-state index is 0.0661. The first kappa shape index (κ1) is 14.0. The Hall–Kier alpha value is -1.94. The van der Waals surface area contributed by atoms with Crippen LogP contribution in [0, 0.1) is 13.8 Å². The molecule has 2 heterocycles. The lowest BCUT2D eigenvalue weighted by Gasteiger charge is -2.24. The number of likely N-dealkylation sites (tertiary alicyclic amines) is 1. The van der Waals surface area contributed by atoms with Crippen LogP contribution < -0.4 is 5.73 Å². The topological polar surface area (TPSA) is 59.2 Å². The first-order valence-electron chi connectivity index (χ1n) is 7.49. The first-order chi connectivity index (χ1) is 10.1. The van der Waals surface area contributed by atoms with Crippen LogP contribution in [-0.4, -0.2) is 34.9 Å². The average Bonchev–Trinajstić information content (AvgIpc) is 2.94. The van der Waals surface area contributed by atoms with E-state index in [0.29, 0.717) is 12.1 Å². The molecule has 1 aromatic heterocycles. The summed E-state index contributed by atoms with van der Waals surface area (Å²) in [6, 6.07) is 8.26. The maximum atomic E-state index is 12.8. The van der Waals surface area contributed by atoms with Gasteiger partial charge in [-0.2, -0.15) is 0 Å². The number of amides is 1. The summed E-state index contributed by atoms with van der Waals surface area (Å²) in [4.78, 5) is 19.3. The molecule has 1 atom stereocenters. The summed E-state index contributed by atoms with van der Waals surface area (Å²) >= 11 is 0. The molecular formula is C17H21N3O. The number of aromatic nitrogens is 1. The van der Waals surface area contributed by atoms with E-state index < -0.39 is 0 Å². The van der Waals surface area contributed by atoms with Crippen molar-refractivity contribution in [2.75, 3.05) is 13.1 Å². The fraction of sp³-hybridized carbons (Fsp3) is 0.412. The summed E-state index contributed by atoms with van der Waals surface area (Å²) in [5.74, 6) is 0.0661. The predicted molar refractivity (Wildman–Crippen MR) is 84.3 cm³/mol. The number of benzene rings is 1. The van der Waals surface area contributed by atoms with Crippen molar-refractivity contribution in [3.63, 3.8) is 0 Å². The van der Waals surface area contributed by atoms with Crippen LogP contribution in [0.25, 0.3) is 10.9 Å². The summed E-state index contributed by atoms with van der Waals surface area (Å²) < 4.78 is 0. The molecule has 1 fully saturated rings. The minimum Gasteiger partial charge on any atom is -0.334 e. The van der Waals surface area contributed by atoms with Crippen molar-refractivity contribution in [2.45, 2.75) is 32.7 Å². The zero-order chi connectivity index (χ0) is 15.0. The molecule has 0 spiro atoms. The fourth-order valence-corrected chi connectivity index (χ4v) is 3.11. The second-order valence-corrected chi connectivity index (χ2v) is 5.85. The number of fused-ring (bicyclic) bond motifs is 1. The van der Waals surface area contributed by atoms with E-state index in [1.165, 1.54) is 5.56 Å². The summed E-state index contributed by atoms with van der Waals surface area (Å²) in [7, 11) is 0. The van der Waals surface area contributed by atoms with Crippen molar-refractivity contribution in [1.82, 2.24) is 9.88 Å². The van der Waals surface area contributed by atoms with E-state index in [4.69, 9.17) is 5.73 Å². The SMILES string of the molecule is Cc1ccc2nc(C)c(C(=O)N3CCCC3CN)cc2c1. The zero-order valence-corrected chi connectivity index (χ0v) is 12.6. The van der Waals surface area contributed by atoms with Gasteiger partial charge in [0.15, 0.2) is 0 Å². The van der Waals surface area contributed by atoms with Gasteiger partial charge in [0, 0.05) is 24.5 Å². The number of nitrogens with two attached hydrogens (primary N) is 1. The van der Waals surface area contributed by atoms with Crippen LogP contribution in [0.1, 0.15) is 34.5 Å². The van der Waals surface area contributed by atoms with Gasteiger partial charge in [0.2, 0.25) is 0 Å². The van der Waals surface area contributed by atoms with Gasteiger partial charge in [-0.15, -0.1) is 0 Å². The summed E-state index contributed by atoms with van der Waals surface area (Å²) in [6.45, 7) is 5.28. The Balaban J connectivity index is 2.03. The van der Waals surface area contributed by atoms with Crippen LogP contribution in [0.4, 0.5) is 0 Å². The number of hydrogen-bond donors (Lipinski definition) is 1. The Kier molecular flexibility index (Phi) is 3.64. The summed E-state index contributed by atoms with van der Waals surface area (Å²) in [5, 5.41) is 1.02. The van der Waals surface area contributed by atoms with Crippen LogP contribution in [0.15, 0.2) is 24.3 Å². The lowest BCUT2D eigenvalue weighted by atomic mass is 10.1. The largest absolute Gasteiger partial charge is 0.334 e. The number of rotatable bonds is 2. The molecule has 110 valence electrons. The average molecular weight is 283 g/mol. The molecule has 1 saturated heterocycles. The van der Waals surface area contributed by atoms with E-state index in [1.54, 1.807) is 0 Å². The molecule has 0 saturated carbocycles. The lowest BCUT2D eigenvalue weighted by Crippen LogP contribution is -2.40. The van der Waals surface area contributed by atoms with Gasteiger partial charge in [0.25, 0.3) is 5.91 Å².